The topological polar surface area (TPSA) is 78.2 Å². The van der Waals surface area contributed by atoms with E-state index in [1.165, 1.54) is 0 Å². The zero-order valence-corrected chi connectivity index (χ0v) is 18.3. The number of hydrogen-bond donors (Lipinski definition) is 1. The van der Waals surface area contributed by atoms with Crippen molar-refractivity contribution in [3.8, 4) is 11.4 Å². The van der Waals surface area contributed by atoms with Crippen LogP contribution in [0, 0.1) is 6.92 Å². The van der Waals surface area contributed by atoms with Crippen molar-refractivity contribution in [2.75, 3.05) is 12.4 Å². The summed E-state index contributed by atoms with van der Waals surface area (Å²) in [6.45, 7) is 1.82. The molecule has 162 valence electrons. The Bertz CT molecular complexity index is 1400. The minimum Gasteiger partial charge on any atom is -0.497 e. The molecule has 5 rings (SSSR count). The first-order valence-electron chi connectivity index (χ1n) is 10.6. The number of carbonyl (C=O) groups is 1. The van der Waals surface area contributed by atoms with Crippen LogP contribution in [0.2, 0.25) is 0 Å². The van der Waals surface area contributed by atoms with Gasteiger partial charge in [0.2, 0.25) is 0 Å². The highest BCUT2D eigenvalue weighted by molar-refractivity contribution is 6.12. The fourth-order valence-corrected chi connectivity index (χ4v) is 4.02. The van der Waals surface area contributed by atoms with Crippen LogP contribution in [0.15, 0.2) is 59.4 Å². The maximum Gasteiger partial charge on any atom is 0.295 e. The second kappa shape index (κ2) is 7.67. The minimum atomic E-state index is -0.335. The van der Waals surface area contributed by atoms with E-state index in [0.29, 0.717) is 28.3 Å². The van der Waals surface area contributed by atoms with Gasteiger partial charge in [0.15, 0.2) is 0 Å². The predicted molar refractivity (Wildman–Crippen MR) is 124 cm³/mol. The molecule has 0 unspecified atom stereocenters. The number of ether oxygens (including phenoxy) is 1. The van der Waals surface area contributed by atoms with Crippen LogP contribution in [0.3, 0.4) is 0 Å². The van der Waals surface area contributed by atoms with Crippen LogP contribution in [0.4, 0.5) is 5.69 Å². The summed E-state index contributed by atoms with van der Waals surface area (Å²) in [4.78, 5) is 31.4. The molecule has 1 fully saturated rings. The highest BCUT2D eigenvalue weighted by atomic mass is 16.5. The van der Waals surface area contributed by atoms with Gasteiger partial charge in [-0.3, -0.25) is 19.3 Å². The summed E-state index contributed by atoms with van der Waals surface area (Å²) in [6.07, 6.45) is 2.16. The van der Waals surface area contributed by atoms with E-state index in [-0.39, 0.29) is 17.2 Å². The number of rotatable bonds is 5. The Balaban J connectivity index is 1.59. The summed E-state index contributed by atoms with van der Waals surface area (Å²) in [6, 6.07) is 16.7. The highest BCUT2D eigenvalue weighted by Gasteiger charge is 2.28. The van der Waals surface area contributed by atoms with Crippen LogP contribution in [-0.4, -0.2) is 27.4 Å². The first-order chi connectivity index (χ1) is 15.5. The lowest BCUT2D eigenvalue weighted by Gasteiger charge is -2.11. The van der Waals surface area contributed by atoms with Gasteiger partial charge in [0, 0.05) is 24.0 Å². The van der Waals surface area contributed by atoms with Crippen molar-refractivity contribution < 1.29 is 9.53 Å². The highest BCUT2D eigenvalue weighted by Crippen LogP contribution is 2.40. The average molecular weight is 428 g/mol. The van der Waals surface area contributed by atoms with Gasteiger partial charge < -0.3 is 10.1 Å². The van der Waals surface area contributed by atoms with Crippen LogP contribution in [-0.2, 0) is 7.05 Å². The maximum atomic E-state index is 13.4. The van der Waals surface area contributed by atoms with Gasteiger partial charge in [-0.25, -0.2) is 4.68 Å². The molecule has 7 heteroatoms. The summed E-state index contributed by atoms with van der Waals surface area (Å²) < 4.78 is 8.65. The second-order valence-corrected chi connectivity index (χ2v) is 8.14. The van der Waals surface area contributed by atoms with Gasteiger partial charge in [-0.15, -0.1) is 0 Å². The van der Waals surface area contributed by atoms with Crippen molar-refractivity contribution >= 4 is 22.5 Å². The molecular formula is C25H24N4O3. The summed E-state index contributed by atoms with van der Waals surface area (Å²) in [7, 11) is 3.39. The second-order valence-electron chi connectivity index (χ2n) is 8.14. The SMILES string of the molecule is COc1ccc2nc(C3CC3)cc(C(=O)Nc3c(C)n(C)n(-c4ccccc4)c3=O)c2c1. The van der Waals surface area contributed by atoms with Crippen LogP contribution in [0.1, 0.15) is 40.5 Å². The standard InChI is InChI=1S/C25H24N4O3/c1-15-23(25(31)29(28(15)2)17-7-5-4-6-8-17)27-24(30)20-14-22(16-9-10-16)26-21-12-11-18(32-3)13-19(20)21/h4-8,11-14,16H,9-10H2,1-3H3,(H,27,30). The molecule has 1 amide bonds. The number of carbonyl (C=O) groups excluding carboxylic acids is 1. The monoisotopic (exact) mass is 428 g/mol. The van der Waals surface area contributed by atoms with Crippen LogP contribution in [0.5, 0.6) is 5.75 Å². The molecule has 0 bridgehead atoms. The molecule has 1 saturated carbocycles. The third-order valence-corrected chi connectivity index (χ3v) is 6.07. The first-order valence-corrected chi connectivity index (χ1v) is 10.6. The van der Waals surface area contributed by atoms with Crippen LogP contribution < -0.4 is 15.6 Å². The first kappa shape index (κ1) is 20.1. The fraction of sp³-hybridized carbons (Fsp3) is 0.240. The smallest absolute Gasteiger partial charge is 0.295 e. The number of amides is 1. The lowest BCUT2D eigenvalue weighted by Crippen LogP contribution is -2.23. The number of aromatic nitrogens is 3. The number of anilines is 1. The van der Waals surface area contributed by atoms with E-state index in [1.807, 2.05) is 61.5 Å². The van der Waals surface area contributed by atoms with Crippen molar-refractivity contribution in [1.82, 2.24) is 14.3 Å². The Kier molecular flexibility index (Phi) is 4.81. The predicted octanol–water partition coefficient (Wildman–Crippen LogP) is 4.17. The zero-order valence-electron chi connectivity index (χ0n) is 18.3. The average Bonchev–Trinajstić information content (AvgIpc) is 3.64. The van der Waals surface area contributed by atoms with Crippen molar-refractivity contribution in [2.24, 2.45) is 7.05 Å². The molecule has 2 aromatic carbocycles. The Labute approximate surface area is 185 Å². The number of pyridine rings is 1. The third-order valence-electron chi connectivity index (χ3n) is 6.07. The summed E-state index contributed by atoms with van der Waals surface area (Å²) in [5.74, 6) is 0.704. The van der Waals surface area contributed by atoms with Gasteiger partial charge in [0.25, 0.3) is 11.5 Å². The van der Waals surface area contributed by atoms with E-state index in [9.17, 15) is 9.59 Å². The lowest BCUT2D eigenvalue weighted by atomic mass is 10.0. The number of para-hydroxylation sites is 1. The number of methoxy groups -OCH3 is 1. The minimum absolute atomic E-state index is 0.266. The van der Waals surface area contributed by atoms with Gasteiger partial charge in [0.1, 0.15) is 11.4 Å². The lowest BCUT2D eigenvalue weighted by molar-refractivity contribution is 0.102. The van der Waals surface area contributed by atoms with Gasteiger partial charge in [-0.1, -0.05) is 18.2 Å². The molecule has 2 aromatic heterocycles. The number of nitrogens with one attached hydrogen (secondary N) is 1. The quantitative estimate of drug-likeness (QED) is 0.518. The Morgan fingerprint density at radius 3 is 2.56 bits per heavy atom. The van der Waals surface area contributed by atoms with Gasteiger partial charge >= 0.3 is 0 Å². The molecule has 2 heterocycles. The molecule has 0 spiro atoms. The van der Waals surface area contributed by atoms with Crippen molar-refractivity contribution in [3.63, 3.8) is 0 Å². The number of benzene rings is 2. The van der Waals surface area contributed by atoms with Crippen LogP contribution in [0.25, 0.3) is 16.6 Å². The van der Waals surface area contributed by atoms with Crippen molar-refractivity contribution in [1.29, 1.82) is 0 Å². The summed E-state index contributed by atoms with van der Waals surface area (Å²) >= 11 is 0. The number of nitrogens with zero attached hydrogens (tertiary/aromatic N) is 3. The molecule has 0 aliphatic heterocycles. The normalized spacial score (nSPS) is 13.3. The van der Waals surface area contributed by atoms with Crippen LogP contribution >= 0.6 is 0 Å². The molecule has 32 heavy (non-hydrogen) atoms. The van der Waals surface area contributed by atoms with Gasteiger partial charge in [-0.2, -0.15) is 0 Å². The molecule has 0 atom stereocenters. The largest absolute Gasteiger partial charge is 0.497 e. The van der Waals surface area contributed by atoms with E-state index >= 15 is 0 Å². The molecule has 4 aromatic rings. The molecule has 1 aliphatic rings. The van der Waals surface area contributed by atoms with Gasteiger partial charge in [0.05, 0.1) is 29.6 Å². The summed E-state index contributed by atoms with van der Waals surface area (Å²) in [5, 5.41) is 3.58. The van der Waals surface area contributed by atoms with E-state index < -0.39 is 0 Å². The van der Waals surface area contributed by atoms with E-state index in [4.69, 9.17) is 9.72 Å². The molecule has 1 aliphatic carbocycles. The molecule has 7 nitrogen and oxygen atoms in total. The van der Waals surface area contributed by atoms with Crippen molar-refractivity contribution in [2.45, 2.75) is 25.7 Å². The molecule has 1 N–H and O–H groups in total. The molecule has 0 saturated heterocycles. The van der Waals surface area contributed by atoms with E-state index in [2.05, 4.69) is 5.32 Å². The Morgan fingerprint density at radius 2 is 1.88 bits per heavy atom. The maximum absolute atomic E-state index is 13.4. The Morgan fingerprint density at radius 1 is 1.12 bits per heavy atom. The zero-order chi connectivity index (χ0) is 22.4. The molecule has 0 radical (unpaired) electrons. The molecular weight excluding hydrogens is 404 g/mol. The third kappa shape index (κ3) is 3.36. The number of fused-ring (bicyclic) bond motifs is 1. The Hall–Kier alpha value is -3.87. The summed E-state index contributed by atoms with van der Waals surface area (Å²) in [5.41, 5.74) is 3.55. The van der Waals surface area contributed by atoms with Crippen molar-refractivity contribution in [3.05, 3.63) is 81.9 Å². The van der Waals surface area contributed by atoms with Gasteiger partial charge in [-0.05, 0) is 56.2 Å². The fourth-order valence-electron chi connectivity index (χ4n) is 4.02. The van der Waals surface area contributed by atoms with E-state index in [1.54, 1.807) is 23.5 Å². The number of hydrogen-bond acceptors (Lipinski definition) is 4. The van der Waals surface area contributed by atoms with E-state index in [0.717, 1.165) is 29.7 Å².